The van der Waals surface area contributed by atoms with Gasteiger partial charge in [0.05, 0.1) is 6.10 Å². The number of hydrogen-bond donors (Lipinski definition) is 1. The molecule has 0 radical (unpaired) electrons. The number of rotatable bonds is 2. The summed E-state index contributed by atoms with van der Waals surface area (Å²) < 4.78 is 0. The Kier molecular flexibility index (Phi) is 3.12. The molecule has 0 spiro atoms. The lowest BCUT2D eigenvalue weighted by atomic mass is 10.1. The Morgan fingerprint density at radius 3 is 2.58 bits per heavy atom. The van der Waals surface area contributed by atoms with Crippen LogP contribution in [-0.2, 0) is 6.42 Å². The van der Waals surface area contributed by atoms with E-state index in [2.05, 4.69) is 6.92 Å². The molecule has 0 fully saturated rings. The van der Waals surface area contributed by atoms with E-state index in [0.717, 1.165) is 12.0 Å². The molecule has 1 N–H and O–H groups in total. The molecule has 1 rings (SSSR count). The van der Waals surface area contributed by atoms with Crippen molar-refractivity contribution in [2.75, 3.05) is 0 Å². The molecular weight excluding hydrogens is 172 g/mol. The smallest absolute Gasteiger partial charge is 0.0762 e. The zero-order valence-electron chi connectivity index (χ0n) is 7.34. The first-order chi connectivity index (χ1) is 5.63. The van der Waals surface area contributed by atoms with Crippen LogP contribution >= 0.6 is 11.6 Å². The van der Waals surface area contributed by atoms with Crippen molar-refractivity contribution < 1.29 is 5.11 Å². The second kappa shape index (κ2) is 3.92. The molecule has 0 aliphatic carbocycles. The Morgan fingerprint density at radius 1 is 1.42 bits per heavy atom. The van der Waals surface area contributed by atoms with Crippen LogP contribution < -0.4 is 0 Å². The molecular formula is C10H13ClO. The van der Waals surface area contributed by atoms with Gasteiger partial charge in [0.15, 0.2) is 0 Å². The molecule has 0 saturated carbocycles. The lowest BCUT2D eigenvalue weighted by molar-refractivity contribution is 0.199. The molecule has 1 aromatic rings. The highest BCUT2D eigenvalue weighted by molar-refractivity contribution is 6.30. The first kappa shape index (κ1) is 9.56. The molecule has 0 heterocycles. The van der Waals surface area contributed by atoms with Crippen LogP contribution in [0.5, 0.6) is 0 Å². The molecule has 0 amide bonds. The van der Waals surface area contributed by atoms with Gasteiger partial charge in [-0.05, 0) is 36.6 Å². The van der Waals surface area contributed by atoms with Gasteiger partial charge in [-0.3, -0.25) is 0 Å². The zero-order valence-corrected chi connectivity index (χ0v) is 8.10. The first-order valence-corrected chi connectivity index (χ1v) is 4.48. The quantitative estimate of drug-likeness (QED) is 0.750. The van der Waals surface area contributed by atoms with E-state index in [9.17, 15) is 5.11 Å². The minimum absolute atomic E-state index is 0.436. The fourth-order valence-corrected chi connectivity index (χ4v) is 1.39. The Morgan fingerprint density at radius 2 is 2.08 bits per heavy atom. The molecule has 0 aromatic heterocycles. The number of aliphatic hydroxyl groups excluding tert-OH is 1. The summed E-state index contributed by atoms with van der Waals surface area (Å²) in [5.74, 6) is 0. The van der Waals surface area contributed by atoms with Gasteiger partial charge in [0.2, 0.25) is 0 Å². The van der Waals surface area contributed by atoms with Crippen molar-refractivity contribution in [3.63, 3.8) is 0 Å². The van der Waals surface area contributed by atoms with Crippen molar-refractivity contribution in [3.05, 3.63) is 34.3 Å². The van der Waals surface area contributed by atoms with Gasteiger partial charge < -0.3 is 5.11 Å². The zero-order chi connectivity index (χ0) is 9.14. The highest BCUT2D eigenvalue weighted by Gasteiger charge is 2.02. The van der Waals surface area contributed by atoms with Gasteiger partial charge in [0.25, 0.3) is 0 Å². The topological polar surface area (TPSA) is 20.2 Å². The molecule has 66 valence electrons. The summed E-state index contributed by atoms with van der Waals surface area (Å²) >= 11 is 5.86. The lowest BCUT2D eigenvalue weighted by Crippen LogP contribution is -1.92. The number of benzene rings is 1. The number of aryl methyl sites for hydroxylation is 1. The van der Waals surface area contributed by atoms with Crippen LogP contribution in [0.2, 0.25) is 5.02 Å². The molecule has 0 aliphatic heterocycles. The first-order valence-electron chi connectivity index (χ1n) is 4.11. The van der Waals surface area contributed by atoms with Crippen LogP contribution in [0.15, 0.2) is 18.2 Å². The largest absolute Gasteiger partial charge is 0.389 e. The van der Waals surface area contributed by atoms with Gasteiger partial charge in [-0.2, -0.15) is 0 Å². The second-order valence-electron chi connectivity index (χ2n) is 2.92. The fraction of sp³-hybridized carbons (Fsp3) is 0.400. The van der Waals surface area contributed by atoms with Crippen molar-refractivity contribution >= 4 is 11.6 Å². The van der Waals surface area contributed by atoms with Crippen LogP contribution in [0.4, 0.5) is 0 Å². The van der Waals surface area contributed by atoms with E-state index in [4.69, 9.17) is 11.6 Å². The van der Waals surface area contributed by atoms with E-state index in [1.165, 1.54) is 5.56 Å². The highest BCUT2D eigenvalue weighted by Crippen LogP contribution is 2.20. The summed E-state index contributed by atoms with van der Waals surface area (Å²) in [4.78, 5) is 0. The average Bonchev–Trinajstić information content (AvgIpc) is 2.03. The lowest BCUT2D eigenvalue weighted by Gasteiger charge is -2.07. The summed E-state index contributed by atoms with van der Waals surface area (Å²) in [5.41, 5.74) is 2.05. The predicted octanol–water partition coefficient (Wildman–Crippen LogP) is 2.96. The molecule has 1 atom stereocenters. The van der Waals surface area contributed by atoms with Crippen molar-refractivity contribution in [2.24, 2.45) is 0 Å². The SMILES string of the molecule is CCc1cc(Cl)cc(C(C)O)c1. The minimum Gasteiger partial charge on any atom is -0.389 e. The molecule has 0 bridgehead atoms. The summed E-state index contributed by atoms with van der Waals surface area (Å²) in [6, 6.07) is 5.70. The van der Waals surface area contributed by atoms with E-state index < -0.39 is 6.10 Å². The third kappa shape index (κ3) is 2.23. The average molecular weight is 185 g/mol. The van der Waals surface area contributed by atoms with E-state index in [1.807, 2.05) is 12.1 Å². The standard InChI is InChI=1S/C10H13ClO/c1-3-8-4-9(7(2)12)6-10(11)5-8/h4-7,12H,3H2,1-2H3. The maximum Gasteiger partial charge on any atom is 0.0762 e. The fourth-order valence-electron chi connectivity index (χ4n) is 1.12. The van der Waals surface area contributed by atoms with Gasteiger partial charge in [-0.15, -0.1) is 0 Å². The van der Waals surface area contributed by atoms with Crippen LogP contribution in [0.25, 0.3) is 0 Å². The van der Waals surface area contributed by atoms with Gasteiger partial charge in [0.1, 0.15) is 0 Å². The molecule has 1 unspecified atom stereocenters. The van der Waals surface area contributed by atoms with Gasteiger partial charge >= 0.3 is 0 Å². The van der Waals surface area contributed by atoms with Crippen molar-refractivity contribution in [3.8, 4) is 0 Å². The second-order valence-corrected chi connectivity index (χ2v) is 3.36. The number of aliphatic hydroxyl groups is 1. The van der Waals surface area contributed by atoms with Crippen LogP contribution in [0.1, 0.15) is 31.1 Å². The van der Waals surface area contributed by atoms with Gasteiger partial charge in [-0.1, -0.05) is 24.6 Å². The van der Waals surface area contributed by atoms with E-state index in [-0.39, 0.29) is 0 Å². The Labute approximate surface area is 78.0 Å². The summed E-state index contributed by atoms with van der Waals surface area (Å²) in [6.45, 7) is 3.81. The van der Waals surface area contributed by atoms with Crippen LogP contribution in [0, 0.1) is 0 Å². The molecule has 1 aromatic carbocycles. The molecule has 0 aliphatic rings. The normalized spacial score (nSPS) is 13.0. The van der Waals surface area contributed by atoms with Crippen LogP contribution in [-0.4, -0.2) is 5.11 Å². The van der Waals surface area contributed by atoms with E-state index >= 15 is 0 Å². The van der Waals surface area contributed by atoms with E-state index in [1.54, 1.807) is 13.0 Å². The third-order valence-electron chi connectivity index (χ3n) is 1.87. The molecule has 12 heavy (non-hydrogen) atoms. The Hall–Kier alpha value is -0.530. The number of hydrogen-bond acceptors (Lipinski definition) is 1. The predicted molar refractivity (Wildman–Crippen MR) is 51.5 cm³/mol. The number of halogens is 1. The monoisotopic (exact) mass is 184 g/mol. The van der Waals surface area contributed by atoms with Crippen LogP contribution in [0.3, 0.4) is 0 Å². The van der Waals surface area contributed by atoms with Crippen molar-refractivity contribution in [2.45, 2.75) is 26.4 Å². The van der Waals surface area contributed by atoms with Crippen molar-refractivity contribution in [1.29, 1.82) is 0 Å². The van der Waals surface area contributed by atoms with E-state index in [0.29, 0.717) is 5.02 Å². The Bertz CT molecular complexity index is 269. The maximum atomic E-state index is 9.31. The van der Waals surface area contributed by atoms with Gasteiger partial charge in [-0.25, -0.2) is 0 Å². The summed E-state index contributed by atoms with van der Waals surface area (Å²) in [5, 5.41) is 10.0. The third-order valence-corrected chi connectivity index (χ3v) is 2.09. The van der Waals surface area contributed by atoms with Crippen molar-refractivity contribution in [1.82, 2.24) is 0 Å². The van der Waals surface area contributed by atoms with Gasteiger partial charge in [0, 0.05) is 5.02 Å². The molecule has 0 saturated heterocycles. The maximum absolute atomic E-state index is 9.31. The molecule has 2 heteroatoms. The minimum atomic E-state index is -0.436. The Balaban J connectivity index is 3.06. The summed E-state index contributed by atoms with van der Waals surface area (Å²) in [7, 11) is 0. The molecule has 1 nitrogen and oxygen atoms in total. The highest BCUT2D eigenvalue weighted by atomic mass is 35.5. The summed E-state index contributed by atoms with van der Waals surface area (Å²) in [6.07, 6.45) is 0.509.